The minimum Gasteiger partial charge on any atom is -0.477 e. The summed E-state index contributed by atoms with van der Waals surface area (Å²) >= 11 is 0. The predicted octanol–water partition coefficient (Wildman–Crippen LogP) is 1.36. The molecule has 1 aliphatic carbocycles. The zero-order chi connectivity index (χ0) is 22.6. The number of rotatable bonds is 9. The van der Waals surface area contributed by atoms with Gasteiger partial charge in [-0.05, 0) is 44.1 Å². The van der Waals surface area contributed by atoms with Gasteiger partial charge in [0, 0.05) is 18.3 Å². The SMILES string of the molecule is CCOc1cncc(C2=CC=C(C(=O)NCc3cc(NS(=O)(=O)C4CC4)ccn3)CN2)n1. The van der Waals surface area contributed by atoms with Gasteiger partial charge >= 0.3 is 0 Å². The van der Waals surface area contributed by atoms with Crippen LogP contribution in [0.3, 0.4) is 0 Å². The number of hydrogen-bond acceptors (Lipinski definition) is 8. The van der Waals surface area contributed by atoms with Crippen LogP contribution in [-0.2, 0) is 21.4 Å². The van der Waals surface area contributed by atoms with Crippen molar-refractivity contribution in [2.24, 2.45) is 0 Å². The number of nitrogens with zero attached hydrogens (tertiary/aromatic N) is 3. The highest BCUT2D eigenvalue weighted by Crippen LogP contribution is 2.29. The third-order valence-electron chi connectivity index (χ3n) is 4.86. The number of nitrogens with one attached hydrogen (secondary N) is 3. The van der Waals surface area contributed by atoms with Crippen molar-refractivity contribution in [1.29, 1.82) is 0 Å². The lowest BCUT2D eigenvalue weighted by atomic mass is 10.1. The highest BCUT2D eigenvalue weighted by atomic mass is 32.2. The number of aromatic nitrogens is 3. The van der Waals surface area contributed by atoms with Gasteiger partial charge in [0.15, 0.2) is 0 Å². The molecule has 1 aliphatic heterocycles. The van der Waals surface area contributed by atoms with Gasteiger partial charge in [0.2, 0.25) is 21.8 Å². The maximum absolute atomic E-state index is 12.5. The summed E-state index contributed by atoms with van der Waals surface area (Å²) in [5, 5.41) is 5.67. The van der Waals surface area contributed by atoms with Gasteiger partial charge in [0.05, 0.1) is 47.9 Å². The Morgan fingerprint density at radius 1 is 1.28 bits per heavy atom. The Morgan fingerprint density at radius 3 is 2.84 bits per heavy atom. The minimum atomic E-state index is -3.35. The van der Waals surface area contributed by atoms with E-state index in [1.165, 1.54) is 6.20 Å². The van der Waals surface area contributed by atoms with Crippen LogP contribution in [0.2, 0.25) is 0 Å². The average molecular weight is 457 g/mol. The van der Waals surface area contributed by atoms with E-state index in [0.717, 1.165) is 5.70 Å². The number of amides is 1. The average Bonchev–Trinajstić information content (AvgIpc) is 3.64. The summed E-state index contributed by atoms with van der Waals surface area (Å²) in [7, 11) is -3.35. The topological polar surface area (TPSA) is 135 Å². The van der Waals surface area contributed by atoms with Crippen molar-refractivity contribution in [3.8, 4) is 5.88 Å². The number of dihydropyridines is 1. The molecule has 1 amide bonds. The molecule has 0 saturated heterocycles. The molecule has 2 aromatic heterocycles. The number of carbonyl (C=O) groups is 1. The number of hydrogen-bond donors (Lipinski definition) is 3. The van der Waals surface area contributed by atoms with Crippen LogP contribution in [0.4, 0.5) is 5.69 Å². The van der Waals surface area contributed by atoms with Crippen LogP contribution >= 0.6 is 0 Å². The first-order valence-corrected chi connectivity index (χ1v) is 11.8. The van der Waals surface area contributed by atoms with E-state index in [-0.39, 0.29) is 17.7 Å². The van der Waals surface area contributed by atoms with E-state index in [4.69, 9.17) is 4.74 Å². The molecular formula is C21H24N6O4S. The van der Waals surface area contributed by atoms with E-state index < -0.39 is 10.0 Å². The van der Waals surface area contributed by atoms with Gasteiger partial charge in [0.25, 0.3) is 0 Å². The monoisotopic (exact) mass is 456 g/mol. The molecule has 10 nitrogen and oxygen atoms in total. The van der Waals surface area contributed by atoms with E-state index in [2.05, 4.69) is 30.3 Å². The van der Waals surface area contributed by atoms with E-state index in [1.807, 2.05) is 6.92 Å². The number of ether oxygens (including phenoxy) is 1. The van der Waals surface area contributed by atoms with Crippen LogP contribution in [0, 0.1) is 0 Å². The first kappa shape index (κ1) is 21.8. The van der Waals surface area contributed by atoms with E-state index in [0.29, 0.717) is 54.5 Å². The molecule has 11 heteroatoms. The second kappa shape index (κ2) is 9.35. The fourth-order valence-electron chi connectivity index (χ4n) is 3.07. The van der Waals surface area contributed by atoms with Crippen molar-refractivity contribution >= 4 is 27.3 Å². The van der Waals surface area contributed by atoms with Gasteiger partial charge in [-0.1, -0.05) is 0 Å². The number of pyridine rings is 1. The Hall–Kier alpha value is -3.47. The molecule has 3 heterocycles. The van der Waals surface area contributed by atoms with E-state index >= 15 is 0 Å². The van der Waals surface area contributed by atoms with E-state index in [9.17, 15) is 13.2 Å². The maximum atomic E-state index is 12.5. The molecule has 168 valence electrons. The summed E-state index contributed by atoms with van der Waals surface area (Å²) in [6.07, 6.45) is 9.55. The lowest BCUT2D eigenvalue weighted by Crippen LogP contribution is -2.31. The fraction of sp³-hybridized carbons (Fsp3) is 0.333. The standard InChI is InChI=1S/C21H24N6O4S/c1-2-31-20-13-22-12-19(26-20)18-6-3-14(10-24-18)21(28)25-11-16-9-15(7-8-23-16)27-32(29,30)17-4-5-17/h3,6-9,12-13,17,24H,2,4-5,10-11H2,1H3,(H,23,27)(H,25,28). The third-order valence-corrected chi connectivity index (χ3v) is 6.73. The van der Waals surface area contributed by atoms with Crippen LogP contribution in [0.1, 0.15) is 31.2 Å². The van der Waals surface area contributed by atoms with Crippen molar-refractivity contribution in [2.75, 3.05) is 17.9 Å². The van der Waals surface area contributed by atoms with E-state index in [1.54, 1.807) is 36.7 Å². The number of sulfonamides is 1. The quantitative estimate of drug-likeness (QED) is 0.515. The molecule has 0 atom stereocenters. The summed E-state index contributed by atoms with van der Waals surface area (Å²) in [6.45, 7) is 2.87. The van der Waals surface area contributed by atoms with Crippen molar-refractivity contribution < 1.29 is 17.9 Å². The zero-order valence-corrected chi connectivity index (χ0v) is 18.4. The molecule has 1 fully saturated rings. The van der Waals surface area contributed by atoms with Crippen molar-refractivity contribution in [3.05, 3.63) is 59.8 Å². The van der Waals surface area contributed by atoms with Crippen molar-refractivity contribution in [2.45, 2.75) is 31.6 Å². The molecule has 2 aliphatic rings. The third kappa shape index (κ3) is 5.41. The predicted molar refractivity (Wildman–Crippen MR) is 119 cm³/mol. The van der Waals surface area contributed by atoms with Gasteiger partial charge in [-0.25, -0.2) is 13.4 Å². The summed E-state index contributed by atoms with van der Waals surface area (Å²) in [4.78, 5) is 25.2. The first-order chi connectivity index (χ1) is 15.4. The second-order valence-electron chi connectivity index (χ2n) is 7.37. The number of anilines is 1. The Balaban J connectivity index is 1.36. The lowest BCUT2D eigenvalue weighted by molar-refractivity contribution is -0.117. The first-order valence-electron chi connectivity index (χ1n) is 10.3. The van der Waals surface area contributed by atoms with Crippen molar-refractivity contribution in [1.82, 2.24) is 25.6 Å². The summed E-state index contributed by atoms with van der Waals surface area (Å²) in [5.41, 5.74) is 2.91. The number of allylic oxidation sites excluding steroid dienone is 2. The summed E-state index contributed by atoms with van der Waals surface area (Å²) < 4.78 is 32.1. The molecule has 32 heavy (non-hydrogen) atoms. The highest BCUT2D eigenvalue weighted by Gasteiger charge is 2.35. The van der Waals surface area contributed by atoms with Crippen LogP contribution in [0.5, 0.6) is 5.88 Å². The molecule has 2 aromatic rings. The Labute approximate surface area is 186 Å². The highest BCUT2D eigenvalue weighted by molar-refractivity contribution is 7.93. The van der Waals surface area contributed by atoms with Crippen LogP contribution in [0.15, 0.2) is 48.4 Å². The lowest BCUT2D eigenvalue weighted by Gasteiger charge is -2.17. The molecular weight excluding hydrogens is 432 g/mol. The van der Waals surface area contributed by atoms with Gasteiger partial charge in [0.1, 0.15) is 5.69 Å². The normalized spacial score (nSPS) is 15.8. The molecule has 0 aromatic carbocycles. The van der Waals surface area contributed by atoms with Gasteiger partial charge in [-0.15, -0.1) is 0 Å². The largest absolute Gasteiger partial charge is 0.477 e. The van der Waals surface area contributed by atoms with Gasteiger partial charge in [-0.2, -0.15) is 0 Å². The summed E-state index contributed by atoms with van der Waals surface area (Å²) in [6, 6.07) is 3.21. The van der Waals surface area contributed by atoms with Gasteiger partial charge in [-0.3, -0.25) is 19.5 Å². The second-order valence-corrected chi connectivity index (χ2v) is 9.33. The molecule has 1 saturated carbocycles. The fourth-order valence-corrected chi connectivity index (χ4v) is 4.45. The Bertz CT molecular complexity index is 1170. The van der Waals surface area contributed by atoms with Crippen LogP contribution in [-0.4, -0.2) is 47.7 Å². The summed E-state index contributed by atoms with van der Waals surface area (Å²) in [5.74, 6) is 0.196. The minimum absolute atomic E-state index is 0.174. The zero-order valence-electron chi connectivity index (χ0n) is 17.5. The molecule has 0 spiro atoms. The molecule has 3 N–H and O–H groups in total. The molecule has 0 bridgehead atoms. The molecule has 0 unspecified atom stereocenters. The maximum Gasteiger partial charge on any atom is 0.249 e. The van der Waals surface area contributed by atoms with Crippen LogP contribution < -0.4 is 20.1 Å². The van der Waals surface area contributed by atoms with Crippen LogP contribution in [0.25, 0.3) is 5.70 Å². The molecule has 4 rings (SSSR count). The molecule has 0 radical (unpaired) electrons. The smallest absolute Gasteiger partial charge is 0.249 e. The van der Waals surface area contributed by atoms with Gasteiger partial charge < -0.3 is 15.4 Å². The Kier molecular flexibility index (Phi) is 6.35. The Morgan fingerprint density at radius 2 is 2.12 bits per heavy atom. The number of carbonyl (C=O) groups excluding carboxylic acids is 1. The van der Waals surface area contributed by atoms with Crippen molar-refractivity contribution in [3.63, 3.8) is 0 Å².